The van der Waals surface area contributed by atoms with Crippen LogP contribution in [0.25, 0.3) is 10.8 Å². The van der Waals surface area contributed by atoms with Crippen molar-refractivity contribution < 1.29 is 13.0 Å². The minimum absolute atomic E-state index is 0.138. The molecule has 0 amide bonds. The third-order valence-electron chi connectivity index (χ3n) is 2.83. The van der Waals surface area contributed by atoms with Gasteiger partial charge < -0.3 is 11.5 Å². The summed E-state index contributed by atoms with van der Waals surface area (Å²) in [5, 5.41) is 1.43. The summed E-state index contributed by atoms with van der Waals surface area (Å²) in [4.78, 5) is -0.138. The van der Waals surface area contributed by atoms with Gasteiger partial charge in [0, 0.05) is 11.1 Å². The van der Waals surface area contributed by atoms with Crippen LogP contribution >= 0.6 is 0 Å². The Balaban J connectivity index is 2.65. The lowest BCUT2D eigenvalue weighted by Crippen LogP contribution is -2.05. The van der Waals surface area contributed by atoms with Crippen LogP contribution in [0.5, 0.6) is 0 Å². The quantitative estimate of drug-likeness (QED) is 0.571. The number of benzene rings is 2. The molecule has 2 rings (SSSR count). The van der Waals surface area contributed by atoms with Crippen LogP contribution in [0, 0.1) is 0 Å². The van der Waals surface area contributed by atoms with Crippen molar-refractivity contribution in [1.82, 2.24) is 0 Å². The zero-order valence-electron chi connectivity index (χ0n) is 9.63. The predicted octanol–water partition coefficient (Wildman–Crippen LogP) is 1.17. The molecule has 0 radical (unpaired) electrons. The monoisotopic (exact) mass is 266 g/mol. The van der Waals surface area contributed by atoms with Crippen molar-refractivity contribution in [2.75, 3.05) is 12.3 Å². The minimum atomic E-state index is -4.19. The fourth-order valence-corrected chi connectivity index (χ4v) is 2.43. The molecular weight excluding hydrogens is 252 g/mol. The van der Waals surface area contributed by atoms with E-state index in [4.69, 9.17) is 16.0 Å². The number of nitrogen functional groups attached to an aromatic ring is 1. The average Bonchev–Trinajstić information content (AvgIpc) is 2.31. The van der Waals surface area contributed by atoms with Gasteiger partial charge >= 0.3 is 0 Å². The van der Waals surface area contributed by atoms with Gasteiger partial charge in [-0.05, 0) is 36.0 Å². The SMILES string of the molecule is NCCc1ccc2cc(S(=O)(=O)O)ccc2c1N. The molecule has 5 N–H and O–H groups in total. The zero-order valence-corrected chi connectivity index (χ0v) is 10.4. The van der Waals surface area contributed by atoms with E-state index in [1.54, 1.807) is 12.1 Å². The maximum Gasteiger partial charge on any atom is 0.294 e. The second-order valence-corrected chi connectivity index (χ2v) is 5.46. The van der Waals surface area contributed by atoms with E-state index < -0.39 is 10.1 Å². The Morgan fingerprint density at radius 3 is 2.50 bits per heavy atom. The number of anilines is 1. The van der Waals surface area contributed by atoms with E-state index >= 15 is 0 Å². The molecule has 96 valence electrons. The third kappa shape index (κ3) is 2.31. The molecule has 0 aliphatic heterocycles. The second kappa shape index (κ2) is 4.56. The zero-order chi connectivity index (χ0) is 13.3. The summed E-state index contributed by atoms with van der Waals surface area (Å²) in [6.45, 7) is 0.499. The Morgan fingerprint density at radius 1 is 1.17 bits per heavy atom. The van der Waals surface area contributed by atoms with Gasteiger partial charge in [0.25, 0.3) is 10.1 Å². The van der Waals surface area contributed by atoms with Gasteiger partial charge in [0.05, 0.1) is 4.90 Å². The normalized spacial score (nSPS) is 11.9. The third-order valence-corrected chi connectivity index (χ3v) is 3.68. The first-order chi connectivity index (χ1) is 8.43. The molecule has 18 heavy (non-hydrogen) atoms. The molecule has 0 aliphatic carbocycles. The fourth-order valence-electron chi connectivity index (χ4n) is 1.91. The van der Waals surface area contributed by atoms with Crippen LogP contribution in [0.2, 0.25) is 0 Å². The van der Waals surface area contributed by atoms with Gasteiger partial charge in [0.1, 0.15) is 0 Å². The molecule has 0 aromatic heterocycles. The van der Waals surface area contributed by atoms with Crippen LogP contribution in [0.3, 0.4) is 0 Å². The van der Waals surface area contributed by atoms with Gasteiger partial charge in [-0.3, -0.25) is 4.55 Å². The van der Waals surface area contributed by atoms with E-state index in [0.717, 1.165) is 10.9 Å². The first-order valence-corrected chi connectivity index (χ1v) is 6.86. The van der Waals surface area contributed by atoms with Crippen LogP contribution in [-0.2, 0) is 16.5 Å². The van der Waals surface area contributed by atoms with E-state index in [0.29, 0.717) is 24.0 Å². The molecular formula is C12H14N2O3S. The fraction of sp³-hybridized carbons (Fsp3) is 0.167. The van der Waals surface area contributed by atoms with Crippen molar-refractivity contribution >= 4 is 26.6 Å². The van der Waals surface area contributed by atoms with E-state index in [2.05, 4.69) is 0 Å². The molecule has 0 bridgehead atoms. The summed E-state index contributed by atoms with van der Waals surface area (Å²) in [6, 6.07) is 7.91. The van der Waals surface area contributed by atoms with Crippen molar-refractivity contribution in [3.8, 4) is 0 Å². The van der Waals surface area contributed by atoms with Crippen molar-refractivity contribution in [3.63, 3.8) is 0 Å². The molecule has 2 aromatic rings. The molecule has 2 aromatic carbocycles. The van der Waals surface area contributed by atoms with E-state index in [1.165, 1.54) is 12.1 Å². The Kier molecular flexibility index (Phi) is 3.25. The Morgan fingerprint density at radius 2 is 1.89 bits per heavy atom. The molecule has 6 heteroatoms. The van der Waals surface area contributed by atoms with E-state index in [-0.39, 0.29) is 4.90 Å². The summed E-state index contributed by atoms with van der Waals surface area (Å²) < 4.78 is 31.1. The molecule has 0 aliphatic rings. The molecule has 0 fully saturated rings. The number of nitrogens with two attached hydrogens (primary N) is 2. The van der Waals surface area contributed by atoms with Crippen LogP contribution in [0.1, 0.15) is 5.56 Å². The highest BCUT2D eigenvalue weighted by Gasteiger charge is 2.11. The van der Waals surface area contributed by atoms with Crippen LogP contribution in [0.4, 0.5) is 5.69 Å². The van der Waals surface area contributed by atoms with Gasteiger partial charge in [0.2, 0.25) is 0 Å². The van der Waals surface area contributed by atoms with Gasteiger partial charge in [-0.25, -0.2) is 0 Å². The first kappa shape index (κ1) is 12.8. The molecule has 0 unspecified atom stereocenters. The minimum Gasteiger partial charge on any atom is -0.398 e. The second-order valence-electron chi connectivity index (χ2n) is 4.04. The molecule has 5 nitrogen and oxygen atoms in total. The predicted molar refractivity (Wildman–Crippen MR) is 70.9 cm³/mol. The Labute approximate surface area is 105 Å². The first-order valence-electron chi connectivity index (χ1n) is 5.42. The Bertz CT molecular complexity index is 696. The summed E-state index contributed by atoms with van der Waals surface area (Å²) in [5.41, 5.74) is 13.0. The smallest absolute Gasteiger partial charge is 0.294 e. The van der Waals surface area contributed by atoms with Crippen LogP contribution in [-0.4, -0.2) is 19.5 Å². The van der Waals surface area contributed by atoms with Crippen LogP contribution < -0.4 is 11.5 Å². The average molecular weight is 266 g/mol. The number of hydrogen-bond acceptors (Lipinski definition) is 4. The van der Waals surface area contributed by atoms with Gasteiger partial charge in [0.15, 0.2) is 0 Å². The van der Waals surface area contributed by atoms with Crippen molar-refractivity contribution in [1.29, 1.82) is 0 Å². The molecule has 0 saturated carbocycles. The maximum absolute atomic E-state index is 11.0. The molecule has 0 heterocycles. The highest BCUT2D eigenvalue weighted by Crippen LogP contribution is 2.27. The summed E-state index contributed by atoms with van der Waals surface area (Å²) >= 11 is 0. The molecule has 0 spiro atoms. The van der Waals surface area contributed by atoms with Gasteiger partial charge in [-0.1, -0.05) is 18.2 Å². The summed E-state index contributed by atoms with van der Waals surface area (Å²) in [6.07, 6.45) is 0.668. The standard InChI is InChI=1S/C12H14N2O3S/c13-6-5-8-1-2-9-7-10(18(15,16)17)3-4-11(9)12(8)14/h1-4,7H,5-6,13-14H2,(H,15,16,17). The topological polar surface area (TPSA) is 106 Å². The molecule has 0 saturated heterocycles. The number of fused-ring (bicyclic) bond motifs is 1. The highest BCUT2D eigenvalue weighted by atomic mass is 32.2. The summed E-state index contributed by atoms with van der Waals surface area (Å²) in [5.74, 6) is 0. The Hall–Kier alpha value is -1.63. The highest BCUT2D eigenvalue weighted by molar-refractivity contribution is 7.85. The summed E-state index contributed by atoms with van der Waals surface area (Å²) in [7, 11) is -4.19. The van der Waals surface area contributed by atoms with Crippen molar-refractivity contribution in [2.24, 2.45) is 5.73 Å². The largest absolute Gasteiger partial charge is 0.398 e. The van der Waals surface area contributed by atoms with Crippen molar-refractivity contribution in [2.45, 2.75) is 11.3 Å². The maximum atomic E-state index is 11.0. The van der Waals surface area contributed by atoms with E-state index in [9.17, 15) is 8.42 Å². The number of hydrogen-bond donors (Lipinski definition) is 3. The van der Waals surface area contributed by atoms with E-state index in [1.807, 2.05) is 6.07 Å². The van der Waals surface area contributed by atoms with Crippen LogP contribution in [0.15, 0.2) is 35.2 Å². The van der Waals surface area contributed by atoms with Crippen molar-refractivity contribution in [3.05, 3.63) is 35.9 Å². The lowest BCUT2D eigenvalue weighted by atomic mass is 10.0. The van der Waals surface area contributed by atoms with Gasteiger partial charge in [-0.2, -0.15) is 8.42 Å². The lowest BCUT2D eigenvalue weighted by Gasteiger charge is -2.09. The molecule has 0 atom stereocenters. The lowest BCUT2D eigenvalue weighted by molar-refractivity contribution is 0.483. The number of rotatable bonds is 3. The van der Waals surface area contributed by atoms with Gasteiger partial charge in [-0.15, -0.1) is 0 Å².